The number of hydrogen-bond acceptors (Lipinski definition) is 3. The van der Waals surface area contributed by atoms with E-state index >= 15 is 0 Å². The highest BCUT2D eigenvalue weighted by Crippen LogP contribution is 2.58. The van der Waals surface area contributed by atoms with Gasteiger partial charge in [-0.3, -0.25) is 9.59 Å². The summed E-state index contributed by atoms with van der Waals surface area (Å²) in [5.74, 6) is -1.94. The maximum atomic E-state index is 12.1. The SMILES string of the molecule is CC1(C)C(C(=O)O)C1C(=O)NCc1cc2c(s1)CCC2. The Labute approximate surface area is 122 Å². The molecule has 0 aromatic carbocycles. The number of aryl methyl sites for hydroxylation is 2. The van der Waals surface area contributed by atoms with E-state index in [2.05, 4.69) is 11.4 Å². The average molecular weight is 293 g/mol. The number of fused-ring (bicyclic) bond motifs is 1. The number of aliphatic carboxylic acids is 1. The van der Waals surface area contributed by atoms with Crippen LogP contribution in [0.1, 0.15) is 35.6 Å². The molecule has 2 atom stereocenters. The molecular weight excluding hydrogens is 274 g/mol. The van der Waals surface area contributed by atoms with Crippen LogP contribution in [0.4, 0.5) is 0 Å². The molecule has 1 fully saturated rings. The number of carboxylic acids is 1. The van der Waals surface area contributed by atoms with Crippen LogP contribution in [0.3, 0.4) is 0 Å². The number of thiophene rings is 1. The molecule has 0 radical (unpaired) electrons. The predicted octanol–water partition coefficient (Wildman–Crippen LogP) is 2.21. The molecule has 2 aliphatic rings. The van der Waals surface area contributed by atoms with Crippen molar-refractivity contribution in [2.75, 3.05) is 0 Å². The lowest BCUT2D eigenvalue weighted by Crippen LogP contribution is -2.26. The minimum absolute atomic E-state index is 0.129. The van der Waals surface area contributed by atoms with Crippen molar-refractivity contribution >= 4 is 23.2 Å². The van der Waals surface area contributed by atoms with Crippen LogP contribution in [0, 0.1) is 17.3 Å². The average Bonchev–Trinajstić information content (AvgIpc) is 2.67. The standard InChI is InChI=1S/C15H19NO3S/c1-15(2)11(12(15)14(18)19)13(17)16-7-9-6-8-4-3-5-10(8)20-9/h6,11-12H,3-5,7H2,1-2H3,(H,16,17)(H,18,19). The van der Waals surface area contributed by atoms with Gasteiger partial charge in [0.2, 0.25) is 5.91 Å². The summed E-state index contributed by atoms with van der Waals surface area (Å²) in [5.41, 5.74) is 1.00. The van der Waals surface area contributed by atoms with Crippen molar-refractivity contribution in [2.24, 2.45) is 17.3 Å². The highest BCUT2D eigenvalue weighted by Gasteiger charge is 2.65. The molecule has 1 heterocycles. The molecule has 1 saturated carbocycles. The van der Waals surface area contributed by atoms with Crippen LogP contribution in [0.25, 0.3) is 0 Å². The Bertz CT molecular complexity index is 554. The van der Waals surface area contributed by atoms with Gasteiger partial charge in [-0.2, -0.15) is 0 Å². The minimum Gasteiger partial charge on any atom is -0.481 e. The first-order valence-corrected chi connectivity index (χ1v) is 7.84. The van der Waals surface area contributed by atoms with E-state index in [-0.39, 0.29) is 5.91 Å². The van der Waals surface area contributed by atoms with Gasteiger partial charge in [0.15, 0.2) is 0 Å². The van der Waals surface area contributed by atoms with Gasteiger partial charge in [0.05, 0.1) is 18.4 Å². The van der Waals surface area contributed by atoms with Crippen molar-refractivity contribution in [1.29, 1.82) is 0 Å². The number of rotatable bonds is 4. The largest absolute Gasteiger partial charge is 0.481 e. The third kappa shape index (κ3) is 2.14. The predicted molar refractivity (Wildman–Crippen MR) is 76.6 cm³/mol. The maximum Gasteiger partial charge on any atom is 0.307 e. The van der Waals surface area contributed by atoms with Gasteiger partial charge < -0.3 is 10.4 Å². The van der Waals surface area contributed by atoms with Gasteiger partial charge in [-0.05, 0) is 36.3 Å². The Hall–Kier alpha value is -1.36. The molecule has 3 rings (SSSR count). The van der Waals surface area contributed by atoms with Crippen molar-refractivity contribution < 1.29 is 14.7 Å². The quantitative estimate of drug-likeness (QED) is 0.894. The maximum absolute atomic E-state index is 12.1. The molecular formula is C15H19NO3S. The third-order valence-corrected chi connectivity index (χ3v) is 5.85. The van der Waals surface area contributed by atoms with E-state index in [1.165, 1.54) is 21.7 Å². The smallest absolute Gasteiger partial charge is 0.307 e. The Balaban J connectivity index is 1.59. The Kier molecular flexibility index (Phi) is 3.12. The summed E-state index contributed by atoms with van der Waals surface area (Å²) in [6, 6.07) is 2.18. The molecule has 0 aliphatic heterocycles. The molecule has 4 nitrogen and oxygen atoms in total. The second-order valence-electron chi connectivity index (χ2n) is 6.35. The van der Waals surface area contributed by atoms with Gasteiger partial charge in [-0.15, -0.1) is 11.3 Å². The first-order chi connectivity index (χ1) is 9.41. The molecule has 1 aromatic heterocycles. The zero-order chi connectivity index (χ0) is 14.5. The highest BCUT2D eigenvalue weighted by atomic mass is 32.1. The van der Waals surface area contributed by atoms with E-state index in [9.17, 15) is 9.59 Å². The number of carbonyl (C=O) groups excluding carboxylic acids is 1. The summed E-state index contributed by atoms with van der Waals surface area (Å²) in [6.45, 7) is 4.21. The molecule has 20 heavy (non-hydrogen) atoms. The molecule has 108 valence electrons. The fraction of sp³-hybridized carbons (Fsp3) is 0.600. The lowest BCUT2D eigenvalue weighted by molar-refractivity contribution is -0.140. The van der Waals surface area contributed by atoms with Gasteiger partial charge in [0, 0.05) is 9.75 Å². The second kappa shape index (κ2) is 4.58. The summed E-state index contributed by atoms with van der Waals surface area (Å²) in [6.07, 6.45) is 3.55. The number of hydrogen-bond donors (Lipinski definition) is 2. The Morgan fingerprint density at radius 2 is 2.15 bits per heavy atom. The number of carbonyl (C=O) groups is 2. The van der Waals surface area contributed by atoms with E-state index < -0.39 is 23.2 Å². The van der Waals surface area contributed by atoms with Gasteiger partial charge in [-0.25, -0.2) is 0 Å². The van der Waals surface area contributed by atoms with Gasteiger partial charge >= 0.3 is 5.97 Å². The molecule has 2 unspecified atom stereocenters. The number of carboxylic acid groups (broad SMARTS) is 1. The molecule has 1 aromatic rings. The number of nitrogens with one attached hydrogen (secondary N) is 1. The summed E-state index contributed by atoms with van der Waals surface area (Å²) in [7, 11) is 0. The molecule has 0 spiro atoms. The minimum atomic E-state index is -0.870. The van der Waals surface area contributed by atoms with E-state index in [1.54, 1.807) is 11.3 Å². The van der Waals surface area contributed by atoms with Gasteiger partial charge in [0.25, 0.3) is 0 Å². The van der Waals surface area contributed by atoms with Crippen molar-refractivity contribution in [3.63, 3.8) is 0 Å². The molecule has 2 aliphatic carbocycles. The van der Waals surface area contributed by atoms with Crippen LogP contribution < -0.4 is 5.32 Å². The van der Waals surface area contributed by atoms with Crippen LogP contribution >= 0.6 is 11.3 Å². The lowest BCUT2D eigenvalue weighted by atomic mass is 10.1. The lowest BCUT2D eigenvalue weighted by Gasteiger charge is -2.04. The topological polar surface area (TPSA) is 66.4 Å². The van der Waals surface area contributed by atoms with E-state index in [0.29, 0.717) is 6.54 Å². The molecule has 2 N–H and O–H groups in total. The van der Waals surface area contributed by atoms with Crippen molar-refractivity contribution in [3.8, 4) is 0 Å². The second-order valence-corrected chi connectivity index (χ2v) is 7.57. The third-order valence-electron chi connectivity index (χ3n) is 4.61. The summed E-state index contributed by atoms with van der Waals surface area (Å²) < 4.78 is 0. The van der Waals surface area contributed by atoms with Gasteiger partial charge in [0.1, 0.15) is 0 Å². The molecule has 1 amide bonds. The fourth-order valence-electron chi connectivity index (χ4n) is 3.35. The summed E-state index contributed by atoms with van der Waals surface area (Å²) in [5, 5.41) is 12.0. The fourth-order valence-corrected chi connectivity index (χ4v) is 4.55. The summed E-state index contributed by atoms with van der Waals surface area (Å²) in [4.78, 5) is 25.8. The Morgan fingerprint density at radius 1 is 1.40 bits per heavy atom. The van der Waals surface area contributed by atoms with Crippen molar-refractivity contribution in [2.45, 2.75) is 39.7 Å². The molecule has 5 heteroatoms. The van der Waals surface area contributed by atoms with Crippen LogP contribution in [-0.2, 0) is 29.0 Å². The van der Waals surface area contributed by atoms with Crippen LogP contribution in [0.5, 0.6) is 0 Å². The summed E-state index contributed by atoms with van der Waals surface area (Å²) >= 11 is 1.77. The van der Waals surface area contributed by atoms with E-state index in [0.717, 1.165) is 12.8 Å². The zero-order valence-corrected chi connectivity index (χ0v) is 12.5. The van der Waals surface area contributed by atoms with E-state index in [1.807, 2.05) is 13.8 Å². The first-order valence-electron chi connectivity index (χ1n) is 7.02. The Morgan fingerprint density at radius 3 is 2.75 bits per heavy atom. The monoisotopic (exact) mass is 293 g/mol. The van der Waals surface area contributed by atoms with E-state index in [4.69, 9.17) is 5.11 Å². The first kappa shape index (κ1) is 13.6. The molecule has 0 bridgehead atoms. The number of amides is 1. The van der Waals surface area contributed by atoms with Crippen molar-refractivity contribution in [1.82, 2.24) is 5.32 Å². The normalized spacial score (nSPS) is 26.1. The zero-order valence-electron chi connectivity index (χ0n) is 11.7. The van der Waals surface area contributed by atoms with Crippen LogP contribution in [0.15, 0.2) is 6.07 Å². The van der Waals surface area contributed by atoms with Crippen molar-refractivity contribution in [3.05, 3.63) is 21.4 Å². The van der Waals surface area contributed by atoms with Crippen LogP contribution in [0.2, 0.25) is 0 Å². The molecule has 0 saturated heterocycles. The van der Waals surface area contributed by atoms with Gasteiger partial charge in [-0.1, -0.05) is 13.8 Å². The highest BCUT2D eigenvalue weighted by molar-refractivity contribution is 7.12. The van der Waals surface area contributed by atoms with Crippen LogP contribution in [-0.4, -0.2) is 17.0 Å².